The highest BCUT2D eigenvalue weighted by Gasteiger charge is 2.37. The van der Waals surface area contributed by atoms with Crippen LogP contribution in [0.15, 0.2) is 18.2 Å². The number of hydrogen-bond acceptors (Lipinski definition) is 3. The van der Waals surface area contributed by atoms with E-state index in [4.69, 9.17) is 23.2 Å². The molecule has 1 amide bonds. The van der Waals surface area contributed by atoms with Crippen LogP contribution < -0.4 is 5.32 Å². The molecule has 1 aliphatic rings. The Balaban J connectivity index is 2.21. The second kappa shape index (κ2) is 5.35. The number of nitro groups is 1. The molecule has 0 aromatic heterocycles. The molecule has 0 unspecified atom stereocenters. The Kier molecular flexibility index (Phi) is 3.96. The first-order valence-corrected chi connectivity index (χ1v) is 6.70. The van der Waals surface area contributed by atoms with E-state index in [1.165, 1.54) is 18.2 Å². The van der Waals surface area contributed by atoms with Crippen molar-refractivity contribution in [1.29, 1.82) is 0 Å². The highest BCUT2D eigenvalue weighted by atomic mass is 35.5. The van der Waals surface area contributed by atoms with Gasteiger partial charge < -0.3 is 5.32 Å². The molecular weight excluding hydrogens is 291 g/mol. The third-order valence-electron chi connectivity index (χ3n) is 3.30. The van der Waals surface area contributed by atoms with Crippen molar-refractivity contribution in [1.82, 2.24) is 5.32 Å². The van der Waals surface area contributed by atoms with E-state index in [1.807, 2.05) is 0 Å². The number of carbonyl (C=O) groups is 1. The van der Waals surface area contributed by atoms with Crippen LogP contribution in [0.25, 0.3) is 0 Å². The maximum absolute atomic E-state index is 12.1. The predicted molar refractivity (Wildman–Crippen MR) is 72.9 cm³/mol. The van der Waals surface area contributed by atoms with Crippen LogP contribution in [0.2, 0.25) is 5.02 Å². The maximum Gasteiger partial charge on any atom is 0.271 e. The Labute approximate surface area is 120 Å². The monoisotopic (exact) mass is 302 g/mol. The molecule has 0 heterocycles. The molecule has 19 heavy (non-hydrogen) atoms. The molecule has 1 fully saturated rings. The molecule has 2 rings (SSSR count). The Morgan fingerprint density at radius 3 is 2.58 bits per heavy atom. The molecule has 5 nitrogen and oxygen atoms in total. The van der Waals surface area contributed by atoms with Gasteiger partial charge in [-0.3, -0.25) is 14.9 Å². The SMILES string of the molecule is O=C(NC1(CCl)CCC1)c1cc(Cl)cc([N+](=O)[O-])c1. The second-order valence-electron chi connectivity index (χ2n) is 4.68. The predicted octanol–water partition coefficient (Wildman–Crippen LogP) is 3.14. The molecular formula is C12H12Cl2N2O3. The number of nitrogens with zero attached hydrogens (tertiary/aromatic N) is 1. The molecule has 0 saturated heterocycles. The van der Waals surface area contributed by atoms with Crippen LogP contribution >= 0.6 is 23.2 Å². The normalized spacial score (nSPS) is 16.5. The summed E-state index contributed by atoms with van der Waals surface area (Å²) in [5.74, 6) is -0.0487. The standard InChI is InChI=1S/C12H12Cl2N2O3/c13-7-12(2-1-3-12)15-11(17)8-4-9(14)6-10(5-8)16(18)19/h4-6H,1-3,7H2,(H,15,17). The van der Waals surface area contributed by atoms with Crippen LogP contribution in [-0.2, 0) is 0 Å². The quantitative estimate of drug-likeness (QED) is 0.527. The van der Waals surface area contributed by atoms with Gasteiger partial charge in [-0.25, -0.2) is 0 Å². The van der Waals surface area contributed by atoms with Gasteiger partial charge in [0.25, 0.3) is 11.6 Å². The number of nitrogens with one attached hydrogen (secondary N) is 1. The van der Waals surface area contributed by atoms with Crippen molar-refractivity contribution in [3.05, 3.63) is 38.9 Å². The van der Waals surface area contributed by atoms with E-state index in [-0.39, 0.29) is 27.7 Å². The van der Waals surface area contributed by atoms with Gasteiger partial charge in [0.05, 0.1) is 10.5 Å². The summed E-state index contributed by atoms with van der Waals surface area (Å²) in [4.78, 5) is 22.2. The minimum atomic E-state index is -0.580. The highest BCUT2D eigenvalue weighted by molar-refractivity contribution is 6.31. The molecule has 0 radical (unpaired) electrons. The van der Waals surface area contributed by atoms with Crippen molar-refractivity contribution < 1.29 is 9.72 Å². The lowest BCUT2D eigenvalue weighted by atomic mass is 9.78. The van der Waals surface area contributed by atoms with Crippen molar-refractivity contribution in [2.75, 3.05) is 5.88 Å². The molecule has 1 aliphatic carbocycles. The molecule has 7 heteroatoms. The van der Waals surface area contributed by atoms with Crippen molar-refractivity contribution in [2.24, 2.45) is 0 Å². The average molecular weight is 303 g/mol. The lowest BCUT2D eigenvalue weighted by Crippen LogP contribution is -2.55. The summed E-state index contributed by atoms with van der Waals surface area (Å²) in [5, 5.41) is 13.7. The third-order valence-corrected chi connectivity index (χ3v) is 4.03. The van der Waals surface area contributed by atoms with Gasteiger partial charge in [0.2, 0.25) is 0 Å². The summed E-state index contributed by atoms with van der Waals surface area (Å²) in [5.41, 5.74) is -0.405. The largest absolute Gasteiger partial charge is 0.345 e. The first-order chi connectivity index (χ1) is 8.96. The van der Waals surface area contributed by atoms with E-state index in [0.717, 1.165) is 19.3 Å². The van der Waals surface area contributed by atoms with E-state index >= 15 is 0 Å². The van der Waals surface area contributed by atoms with Gasteiger partial charge in [-0.1, -0.05) is 11.6 Å². The van der Waals surface area contributed by atoms with E-state index in [9.17, 15) is 14.9 Å². The zero-order valence-corrected chi connectivity index (χ0v) is 11.5. The molecule has 0 spiro atoms. The number of carbonyl (C=O) groups excluding carboxylic acids is 1. The smallest absolute Gasteiger partial charge is 0.271 e. The van der Waals surface area contributed by atoms with Crippen LogP contribution in [0, 0.1) is 10.1 Å². The number of benzene rings is 1. The Hall–Kier alpha value is -1.33. The summed E-state index contributed by atoms with van der Waals surface area (Å²) in [6.45, 7) is 0. The molecule has 0 aliphatic heterocycles. The van der Waals surface area contributed by atoms with Crippen molar-refractivity contribution >= 4 is 34.8 Å². The van der Waals surface area contributed by atoms with Gasteiger partial charge in [-0.2, -0.15) is 0 Å². The fourth-order valence-electron chi connectivity index (χ4n) is 2.02. The fraction of sp³-hybridized carbons (Fsp3) is 0.417. The summed E-state index contributed by atoms with van der Waals surface area (Å²) in [7, 11) is 0. The summed E-state index contributed by atoms with van der Waals surface area (Å²) < 4.78 is 0. The molecule has 0 bridgehead atoms. The molecule has 1 aromatic rings. The first-order valence-electron chi connectivity index (χ1n) is 5.79. The molecule has 102 valence electrons. The van der Waals surface area contributed by atoms with Gasteiger partial charge in [0.15, 0.2) is 0 Å². The minimum absolute atomic E-state index is 0.160. The van der Waals surface area contributed by atoms with Gasteiger partial charge in [-0.05, 0) is 25.3 Å². The summed E-state index contributed by atoms with van der Waals surface area (Å²) in [6.07, 6.45) is 2.67. The van der Waals surface area contributed by atoms with E-state index in [2.05, 4.69) is 5.32 Å². The van der Waals surface area contributed by atoms with Gasteiger partial charge >= 0.3 is 0 Å². The minimum Gasteiger partial charge on any atom is -0.345 e. The van der Waals surface area contributed by atoms with Crippen LogP contribution in [0.1, 0.15) is 29.6 Å². The third kappa shape index (κ3) is 2.98. The van der Waals surface area contributed by atoms with Crippen molar-refractivity contribution in [3.8, 4) is 0 Å². The number of hydrogen-bond donors (Lipinski definition) is 1. The number of amides is 1. The van der Waals surface area contributed by atoms with E-state index < -0.39 is 4.92 Å². The number of halogens is 2. The lowest BCUT2D eigenvalue weighted by Gasteiger charge is -2.41. The number of nitro benzene ring substituents is 1. The molecule has 1 aromatic carbocycles. The van der Waals surface area contributed by atoms with Gasteiger partial charge in [0.1, 0.15) is 0 Å². The van der Waals surface area contributed by atoms with Crippen molar-refractivity contribution in [3.63, 3.8) is 0 Å². The van der Waals surface area contributed by atoms with Crippen molar-refractivity contribution in [2.45, 2.75) is 24.8 Å². The van der Waals surface area contributed by atoms with E-state index in [1.54, 1.807) is 0 Å². The molecule has 1 N–H and O–H groups in total. The number of alkyl halides is 1. The van der Waals surface area contributed by atoms with Crippen LogP contribution in [0.4, 0.5) is 5.69 Å². The lowest BCUT2D eigenvalue weighted by molar-refractivity contribution is -0.384. The highest BCUT2D eigenvalue weighted by Crippen LogP contribution is 2.33. The Bertz CT molecular complexity index is 524. The number of non-ortho nitro benzene ring substituents is 1. The average Bonchev–Trinajstić information content (AvgIpc) is 2.32. The van der Waals surface area contributed by atoms with E-state index in [0.29, 0.717) is 5.88 Å². The topological polar surface area (TPSA) is 72.2 Å². The maximum atomic E-state index is 12.1. The van der Waals surface area contributed by atoms with Crippen LogP contribution in [0.5, 0.6) is 0 Å². The van der Waals surface area contributed by atoms with Gasteiger partial charge in [-0.15, -0.1) is 11.6 Å². The second-order valence-corrected chi connectivity index (χ2v) is 5.38. The number of rotatable bonds is 4. The Morgan fingerprint density at radius 1 is 1.42 bits per heavy atom. The van der Waals surface area contributed by atoms with Gasteiger partial charge in [0, 0.05) is 28.6 Å². The molecule has 1 saturated carbocycles. The Morgan fingerprint density at radius 2 is 2.11 bits per heavy atom. The molecule has 0 atom stereocenters. The zero-order valence-electron chi connectivity index (χ0n) is 9.99. The van der Waals surface area contributed by atoms with Crippen LogP contribution in [0.3, 0.4) is 0 Å². The fourth-order valence-corrected chi connectivity index (χ4v) is 2.58. The first kappa shape index (κ1) is 14.1. The zero-order chi connectivity index (χ0) is 14.0. The summed E-state index contributed by atoms with van der Waals surface area (Å²) >= 11 is 11.6. The summed E-state index contributed by atoms with van der Waals surface area (Å²) in [6, 6.07) is 3.82. The van der Waals surface area contributed by atoms with Crippen LogP contribution in [-0.4, -0.2) is 22.2 Å².